The lowest BCUT2D eigenvalue weighted by Gasteiger charge is -1.92. The highest BCUT2D eigenvalue weighted by Gasteiger charge is 2.28. The van der Waals surface area contributed by atoms with Gasteiger partial charge in [0, 0.05) is 4.57 Å². The minimum atomic E-state index is -3.12. The molecule has 3 N–H and O–H groups in total. The Labute approximate surface area is 62.0 Å². The van der Waals surface area contributed by atoms with Crippen molar-refractivity contribution in [1.82, 2.24) is 0 Å². The lowest BCUT2D eigenvalue weighted by Crippen LogP contribution is -2.21. The molecular weight excluding hydrogens is 177 g/mol. The number of esters is 1. The van der Waals surface area contributed by atoms with Gasteiger partial charge in [0.2, 0.25) is 0 Å². The normalized spacial score (nSPS) is 10.2. The van der Waals surface area contributed by atoms with Crippen molar-refractivity contribution in [2.75, 3.05) is 6.73 Å². The van der Waals surface area contributed by atoms with Crippen LogP contribution in [0.3, 0.4) is 0 Å². The van der Waals surface area contributed by atoms with Gasteiger partial charge in [-0.15, -0.1) is 4.89 Å². The summed E-state index contributed by atoms with van der Waals surface area (Å²) in [5.41, 5.74) is 4.71. The van der Waals surface area contributed by atoms with Gasteiger partial charge in [-0.1, -0.05) is 0 Å². The first-order valence-electron chi connectivity index (χ1n) is 2.33. The Hall–Kier alpha value is -1.04. The predicted molar refractivity (Wildman–Crippen MR) is 31.1 cm³/mol. The molecule has 62 valence electrons. The summed E-state index contributed by atoms with van der Waals surface area (Å²) in [5.74, 6) is -2.94. The van der Waals surface area contributed by atoms with E-state index in [4.69, 9.17) is 10.6 Å². The smallest absolute Gasteiger partial charge is 0.441 e. The van der Waals surface area contributed by atoms with E-state index in [0.29, 0.717) is 0 Å². The van der Waals surface area contributed by atoms with Crippen molar-refractivity contribution in [1.29, 1.82) is 0 Å². The van der Waals surface area contributed by atoms with Gasteiger partial charge in [-0.3, -0.25) is 5.73 Å². The van der Waals surface area contributed by atoms with Crippen LogP contribution in [0.2, 0.25) is 0 Å². The second kappa shape index (κ2) is 4.73. The molecule has 0 bridgehead atoms. The number of ether oxygens (including phenoxy) is 1. The number of rotatable bonds is 2. The molecule has 0 amide bonds. The van der Waals surface area contributed by atoms with Gasteiger partial charge in [0.15, 0.2) is 0 Å². The number of nitrogens with two attached hydrogens (primary N) is 1. The maximum Gasteiger partial charge on any atom is 0.751 e. The molecule has 0 saturated carbocycles. The molecule has 0 aliphatic carbocycles. The molecule has 0 radical (unpaired) electrons. The molecule has 1 unspecified atom stereocenters. The molecule has 8 heteroatoms. The Morgan fingerprint density at radius 2 is 2.00 bits per heavy atom. The van der Waals surface area contributed by atoms with E-state index in [1.807, 2.05) is 0 Å². The highest BCUT2D eigenvalue weighted by atomic mass is 31.1. The van der Waals surface area contributed by atoms with Gasteiger partial charge in [-0.25, -0.2) is 9.59 Å². The fourth-order valence-electron chi connectivity index (χ4n) is 0.243. The maximum atomic E-state index is 10.3. The van der Waals surface area contributed by atoms with Crippen LogP contribution >= 0.6 is 8.25 Å². The van der Waals surface area contributed by atoms with Crippen LogP contribution in [-0.2, 0) is 23.4 Å². The zero-order chi connectivity index (χ0) is 8.85. The topological polar surface area (TPSA) is 116 Å². The lowest BCUT2D eigenvalue weighted by atomic mass is 10.7. The molecular formula is C3H5NO6P+. The zero-order valence-electron chi connectivity index (χ0n) is 5.22. The number of carbonyl (C=O) groups excluding carboxylic acids is 2. The fourth-order valence-corrected chi connectivity index (χ4v) is 0.459. The predicted octanol–water partition coefficient (Wildman–Crippen LogP) is -1.36. The molecule has 0 rings (SSSR count). The minimum absolute atomic E-state index is 0.490. The molecule has 1 atom stereocenters. The standard InChI is InChI=1S/C3H4NO6P/c4-1-9-2(5)3(6)10-11(7)8/h1,4H2/p+1. The average Bonchev–Trinajstić information content (AvgIpc) is 1.86. The van der Waals surface area contributed by atoms with E-state index in [2.05, 4.69) is 9.26 Å². The van der Waals surface area contributed by atoms with E-state index < -0.39 is 26.9 Å². The summed E-state index contributed by atoms with van der Waals surface area (Å²) in [6, 6.07) is 0. The van der Waals surface area contributed by atoms with Gasteiger partial charge in [-0.05, 0) is 0 Å². The van der Waals surface area contributed by atoms with E-state index in [1.54, 1.807) is 0 Å². The van der Waals surface area contributed by atoms with Gasteiger partial charge >= 0.3 is 20.2 Å². The van der Waals surface area contributed by atoms with Crippen molar-refractivity contribution in [2.45, 2.75) is 0 Å². The van der Waals surface area contributed by atoms with Crippen molar-refractivity contribution >= 4 is 20.2 Å². The molecule has 0 aliphatic rings. The Balaban J connectivity index is 3.83. The molecule has 0 spiro atoms. The third-order valence-corrected chi connectivity index (χ3v) is 0.864. The lowest BCUT2D eigenvalue weighted by molar-refractivity contribution is -0.162. The summed E-state index contributed by atoms with van der Waals surface area (Å²) in [6.45, 7) is -0.490. The number of hydrogen-bond donors (Lipinski definition) is 2. The third-order valence-electron chi connectivity index (χ3n) is 0.542. The van der Waals surface area contributed by atoms with Gasteiger partial charge < -0.3 is 4.74 Å². The van der Waals surface area contributed by atoms with Crippen LogP contribution in [0.15, 0.2) is 0 Å². The molecule has 0 fully saturated rings. The molecule has 11 heavy (non-hydrogen) atoms. The van der Waals surface area contributed by atoms with E-state index in [9.17, 15) is 14.2 Å². The second-order valence-electron chi connectivity index (χ2n) is 1.22. The highest BCUT2D eigenvalue weighted by Crippen LogP contribution is 2.14. The highest BCUT2D eigenvalue weighted by molar-refractivity contribution is 7.33. The van der Waals surface area contributed by atoms with E-state index in [-0.39, 0.29) is 0 Å². The zero-order valence-corrected chi connectivity index (χ0v) is 6.11. The number of hydrogen-bond acceptors (Lipinski definition) is 6. The monoisotopic (exact) mass is 182 g/mol. The Bertz CT molecular complexity index is 190. The number of carbonyl (C=O) groups is 2. The van der Waals surface area contributed by atoms with E-state index in [1.165, 1.54) is 0 Å². The van der Waals surface area contributed by atoms with Crippen LogP contribution in [0.5, 0.6) is 0 Å². The van der Waals surface area contributed by atoms with Crippen LogP contribution in [-0.4, -0.2) is 23.6 Å². The van der Waals surface area contributed by atoms with Crippen LogP contribution in [0, 0.1) is 0 Å². The van der Waals surface area contributed by atoms with Crippen LogP contribution in [0.25, 0.3) is 0 Å². The fraction of sp³-hybridized carbons (Fsp3) is 0.333. The van der Waals surface area contributed by atoms with Gasteiger partial charge in [0.05, 0.1) is 0 Å². The summed E-state index contributed by atoms with van der Waals surface area (Å²) < 4.78 is 17.3. The van der Waals surface area contributed by atoms with Crippen molar-refractivity contribution in [3.8, 4) is 0 Å². The summed E-state index contributed by atoms with van der Waals surface area (Å²) in [5, 5.41) is 0. The van der Waals surface area contributed by atoms with Crippen molar-refractivity contribution in [3.63, 3.8) is 0 Å². The summed E-state index contributed by atoms with van der Waals surface area (Å²) in [4.78, 5) is 28.5. The van der Waals surface area contributed by atoms with Gasteiger partial charge in [-0.2, -0.15) is 4.52 Å². The van der Waals surface area contributed by atoms with Crippen molar-refractivity contribution in [3.05, 3.63) is 0 Å². The summed E-state index contributed by atoms with van der Waals surface area (Å²) in [6.07, 6.45) is 0. The van der Waals surface area contributed by atoms with E-state index in [0.717, 1.165) is 0 Å². The maximum absolute atomic E-state index is 10.3. The average molecular weight is 182 g/mol. The molecule has 0 saturated heterocycles. The summed E-state index contributed by atoms with van der Waals surface area (Å²) in [7, 11) is -3.12. The van der Waals surface area contributed by atoms with Crippen LogP contribution < -0.4 is 5.73 Å². The Kier molecular flexibility index (Phi) is 4.28. The Morgan fingerprint density at radius 1 is 1.45 bits per heavy atom. The molecule has 0 aromatic rings. The summed E-state index contributed by atoms with van der Waals surface area (Å²) >= 11 is 0. The van der Waals surface area contributed by atoms with Crippen molar-refractivity contribution in [2.24, 2.45) is 5.73 Å². The molecule has 0 aromatic carbocycles. The quantitative estimate of drug-likeness (QED) is 0.234. The van der Waals surface area contributed by atoms with Crippen molar-refractivity contribution < 1.29 is 28.3 Å². The van der Waals surface area contributed by atoms with Crippen LogP contribution in [0.4, 0.5) is 0 Å². The first-order chi connectivity index (χ1) is 5.07. The SMILES string of the molecule is NCOC(=O)C(=O)O[P+](=O)O. The third kappa shape index (κ3) is 4.38. The Morgan fingerprint density at radius 3 is 2.36 bits per heavy atom. The van der Waals surface area contributed by atoms with Crippen LogP contribution in [0.1, 0.15) is 0 Å². The first kappa shape index (κ1) is 9.96. The second-order valence-corrected chi connectivity index (χ2v) is 1.87. The largest absolute Gasteiger partial charge is 0.751 e. The minimum Gasteiger partial charge on any atom is -0.441 e. The molecule has 0 aromatic heterocycles. The molecule has 7 nitrogen and oxygen atoms in total. The molecule has 0 heterocycles. The van der Waals surface area contributed by atoms with Gasteiger partial charge in [0.1, 0.15) is 6.73 Å². The molecule has 0 aliphatic heterocycles. The van der Waals surface area contributed by atoms with Gasteiger partial charge in [0.25, 0.3) is 0 Å². The van der Waals surface area contributed by atoms with E-state index >= 15 is 0 Å². The first-order valence-corrected chi connectivity index (χ1v) is 3.46.